The van der Waals surface area contributed by atoms with E-state index >= 15 is 0 Å². The van der Waals surface area contributed by atoms with Crippen molar-refractivity contribution in [2.24, 2.45) is 0 Å². The molecule has 0 aromatic heterocycles. The SMILES string of the molecule is CNC(=O)Nc1ccc2c(c1)CCC21OC(=O)N(CC(=O)O)C1=O. The zero-order valence-corrected chi connectivity index (χ0v) is 12.8. The predicted octanol–water partition coefficient (Wildman–Crippen LogP) is 0.643. The molecule has 1 aromatic rings. The maximum absolute atomic E-state index is 12.6. The van der Waals surface area contributed by atoms with Gasteiger partial charge in [-0.05, 0) is 24.1 Å². The summed E-state index contributed by atoms with van der Waals surface area (Å²) in [6.45, 7) is -0.731. The molecule has 0 saturated carbocycles. The number of aryl methyl sites for hydroxylation is 1. The van der Waals surface area contributed by atoms with E-state index in [4.69, 9.17) is 9.84 Å². The number of hydrogen-bond acceptors (Lipinski definition) is 5. The van der Waals surface area contributed by atoms with Gasteiger partial charge < -0.3 is 20.5 Å². The first-order valence-electron chi connectivity index (χ1n) is 7.26. The number of aliphatic carboxylic acids is 1. The van der Waals surface area contributed by atoms with E-state index in [9.17, 15) is 19.2 Å². The first-order valence-corrected chi connectivity index (χ1v) is 7.26. The van der Waals surface area contributed by atoms with Crippen molar-refractivity contribution in [2.75, 3.05) is 18.9 Å². The van der Waals surface area contributed by atoms with Crippen molar-refractivity contribution in [1.29, 1.82) is 0 Å². The van der Waals surface area contributed by atoms with Crippen molar-refractivity contribution < 1.29 is 29.0 Å². The molecule has 1 spiro atoms. The van der Waals surface area contributed by atoms with E-state index < -0.39 is 30.1 Å². The van der Waals surface area contributed by atoms with Gasteiger partial charge in [-0.15, -0.1) is 0 Å². The van der Waals surface area contributed by atoms with Crippen LogP contribution in [0, 0.1) is 0 Å². The number of urea groups is 1. The number of nitrogens with one attached hydrogen (secondary N) is 2. The van der Waals surface area contributed by atoms with Gasteiger partial charge in [0, 0.05) is 24.7 Å². The van der Waals surface area contributed by atoms with Gasteiger partial charge in [0.2, 0.25) is 5.60 Å². The Balaban J connectivity index is 1.92. The summed E-state index contributed by atoms with van der Waals surface area (Å²) in [4.78, 5) is 47.3. The van der Waals surface area contributed by atoms with Gasteiger partial charge in [-0.2, -0.15) is 0 Å². The quantitative estimate of drug-likeness (QED) is 0.745. The monoisotopic (exact) mass is 333 g/mol. The van der Waals surface area contributed by atoms with Crippen LogP contribution in [-0.4, -0.2) is 47.6 Å². The fourth-order valence-corrected chi connectivity index (χ4v) is 3.06. The topological polar surface area (TPSA) is 125 Å². The van der Waals surface area contributed by atoms with Crippen molar-refractivity contribution in [2.45, 2.75) is 18.4 Å². The third-order valence-corrected chi connectivity index (χ3v) is 4.14. The summed E-state index contributed by atoms with van der Waals surface area (Å²) in [5.74, 6) is -1.96. The van der Waals surface area contributed by atoms with Crippen molar-refractivity contribution in [3.63, 3.8) is 0 Å². The van der Waals surface area contributed by atoms with Crippen LogP contribution in [0.3, 0.4) is 0 Å². The molecule has 3 rings (SSSR count). The van der Waals surface area contributed by atoms with Crippen LogP contribution in [0.2, 0.25) is 0 Å². The fourth-order valence-electron chi connectivity index (χ4n) is 3.06. The van der Waals surface area contributed by atoms with E-state index in [1.54, 1.807) is 18.2 Å². The minimum Gasteiger partial charge on any atom is -0.480 e. The summed E-state index contributed by atoms with van der Waals surface area (Å²) < 4.78 is 5.28. The van der Waals surface area contributed by atoms with Crippen molar-refractivity contribution in [3.8, 4) is 0 Å². The second kappa shape index (κ2) is 5.52. The minimum absolute atomic E-state index is 0.243. The molecule has 1 unspecified atom stereocenters. The number of carbonyl (C=O) groups excluding carboxylic acids is 3. The summed E-state index contributed by atoms with van der Waals surface area (Å²) in [7, 11) is 1.49. The number of rotatable bonds is 3. The number of hydrogen-bond donors (Lipinski definition) is 3. The Hall–Kier alpha value is -3.10. The predicted molar refractivity (Wildman–Crippen MR) is 80.3 cm³/mol. The number of nitrogens with zero attached hydrogens (tertiary/aromatic N) is 1. The highest BCUT2D eigenvalue weighted by molar-refractivity contribution is 6.06. The van der Waals surface area contributed by atoms with Crippen molar-refractivity contribution in [1.82, 2.24) is 10.2 Å². The van der Waals surface area contributed by atoms with Gasteiger partial charge in [0.05, 0.1) is 0 Å². The molecule has 9 nitrogen and oxygen atoms in total. The zero-order chi connectivity index (χ0) is 17.5. The molecule has 1 aliphatic heterocycles. The van der Waals surface area contributed by atoms with Crippen LogP contribution in [-0.2, 0) is 26.3 Å². The first-order chi connectivity index (χ1) is 11.4. The molecule has 126 valence electrons. The van der Waals surface area contributed by atoms with Crippen molar-refractivity contribution in [3.05, 3.63) is 29.3 Å². The molecular formula is C15H15N3O6. The van der Waals surface area contributed by atoms with E-state index in [2.05, 4.69) is 10.6 Å². The second-order valence-corrected chi connectivity index (χ2v) is 5.56. The summed E-state index contributed by atoms with van der Waals surface area (Å²) in [5.41, 5.74) is 0.371. The highest BCUT2D eigenvalue weighted by atomic mass is 16.6. The largest absolute Gasteiger partial charge is 0.480 e. The molecule has 1 heterocycles. The van der Waals surface area contributed by atoms with E-state index in [0.29, 0.717) is 22.6 Å². The summed E-state index contributed by atoms with van der Waals surface area (Å²) >= 11 is 0. The van der Waals surface area contributed by atoms with Gasteiger partial charge in [-0.3, -0.25) is 9.59 Å². The van der Waals surface area contributed by atoms with E-state index in [1.165, 1.54) is 7.05 Å². The van der Waals surface area contributed by atoms with E-state index in [-0.39, 0.29) is 12.5 Å². The van der Waals surface area contributed by atoms with Gasteiger partial charge >= 0.3 is 18.1 Å². The molecule has 1 fully saturated rings. The lowest BCUT2D eigenvalue weighted by atomic mass is 9.94. The smallest absolute Gasteiger partial charge is 0.418 e. The Labute approximate surface area is 136 Å². The van der Waals surface area contributed by atoms with E-state index in [0.717, 1.165) is 5.56 Å². The average Bonchev–Trinajstić information content (AvgIpc) is 3.00. The highest BCUT2D eigenvalue weighted by Gasteiger charge is 2.58. The van der Waals surface area contributed by atoms with Gasteiger partial charge in [0.1, 0.15) is 6.54 Å². The standard InChI is InChI=1S/C15H15N3O6/c1-16-13(22)17-9-2-3-10-8(6-9)4-5-15(10)12(21)18(7-11(19)20)14(23)24-15/h2-3,6H,4-5,7H2,1H3,(H,19,20)(H2,16,17,22). The van der Waals surface area contributed by atoms with E-state index in [1.807, 2.05) is 0 Å². The Kier molecular flexibility index (Phi) is 3.63. The highest BCUT2D eigenvalue weighted by Crippen LogP contribution is 2.45. The molecule has 1 aromatic carbocycles. The fraction of sp³-hybridized carbons (Fsp3) is 0.333. The van der Waals surface area contributed by atoms with Crippen LogP contribution in [0.25, 0.3) is 0 Å². The van der Waals surface area contributed by atoms with Gasteiger partial charge in [0.15, 0.2) is 0 Å². The molecule has 0 radical (unpaired) electrons. The van der Waals surface area contributed by atoms with Gasteiger partial charge in [-0.1, -0.05) is 6.07 Å². The molecule has 4 amide bonds. The molecule has 9 heteroatoms. The van der Waals surface area contributed by atoms with Crippen LogP contribution >= 0.6 is 0 Å². The van der Waals surface area contributed by atoms with Crippen molar-refractivity contribution >= 4 is 29.7 Å². The van der Waals surface area contributed by atoms with Crippen LogP contribution in [0.1, 0.15) is 17.5 Å². The average molecular weight is 333 g/mol. The van der Waals surface area contributed by atoms with Gasteiger partial charge in [-0.25, -0.2) is 14.5 Å². The van der Waals surface area contributed by atoms with Crippen LogP contribution in [0.5, 0.6) is 0 Å². The van der Waals surface area contributed by atoms with Crippen LogP contribution in [0.15, 0.2) is 18.2 Å². The molecule has 3 N–H and O–H groups in total. The second-order valence-electron chi connectivity index (χ2n) is 5.56. The van der Waals surface area contributed by atoms with Crippen LogP contribution in [0.4, 0.5) is 15.3 Å². The lowest BCUT2D eigenvalue weighted by molar-refractivity contribution is -0.144. The zero-order valence-electron chi connectivity index (χ0n) is 12.8. The van der Waals surface area contributed by atoms with Gasteiger partial charge in [0.25, 0.3) is 5.91 Å². The third-order valence-electron chi connectivity index (χ3n) is 4.14. The lowest BCUT2D eigenvalue weighted by Crippen LogP contribution is -2.39. The normalized spacial score (nSPS) is 21.6. The summed E-state index contributed by atoms with van der Waals surface area (Å²) in [6, 6.07) is 4.55. The molecule has 1 atom stereocenters. The third kappa shape index (κ3) is 2.34. The van der Waals surface area contributed by atoms with Crippen LogP contribution < -0.4 is 10.6 Å². The Morgan fingerprint density at radius 3 is 2.79 bits per heavy atom. The molecule has 2 aliphatic rings. The number of carboxylic acids is 1. The number of benzene rings is 1. The molecular weight excluding hydrogens is 318 g/mol. The molecule has 24 heavy (non-hydrogen) atoms. The molecule has 1 saturated heterocycles. The Morgan fingerprint density at radius 1 is 1.38 bits per heavy atom. The Bertz CT molecular complexity index is 762. The number of carboxylic acid groups (broad SMARTS) is 1. The number of amides is 4. The number of carbonyl (C=O) groups is 4. The minimum atomic E-state index is -1.46. The summed E-state index contributed by atoms with van der Waals surface area (Å²) in [5, 5.41) is 13.9. The molecule has 0 bridgehead atoms. The molecule has 1 aliphatic carbocycles. The number of ether oxygens (including phenoxy) is 1. The lowest BCUT2D eigenvalue weighted by Gasteiger charge is -2.20. The maximum Gasteiger partial charge on any atom is 0.418 e. The number of anilines is 1. The maximum atomic E-state index is 12.6. The number of fused-ring (bicyclic) bond motifs is 2. The Morgan fingerprint density at radius 2 is 2.12 bits per heavy atom. The number of imide groups is 1. The first kappa shape index (κ1) is 15.8. The summed E-state index contributed by atoms with van der Waals surface area (Å²) in [6.07, 6.45) is -0.242.